The van der Waals surface area contributed by atoms with E-state index in [0.717, 1.165) is 62.1 Å². The van der Waals surface area contributed by atoms with Crippen LogP contribution in [0.1, 0.15) is 38.2 Å². The number of fused-ring (bicyclic) bond motifs is 1. The number of nitrogens with zero attached hydrogens (tertiary/aromatic N) is 3. The predicted octanol–water partition coefficient (Wildman–Crippen LogP) is 2.42. The zero-order valence-corrected chi connectivity index (χ0v) is 17.6. The highest BCUT2D eigenvalue weighted by Crippen LogP contribution is 2.31. The van der Waals surface area contributed by atoms with Crippen LogP contribution in [0, 0.1) is 5.92 Å². The molecule has 2 amide bonds. The molecule has 0 bridgehead atoms. The van der Waals surface area contributed by atoms with Crippen LogP contribution in [0.15, 0.2) is 36.5 Å². The summed E-state index contributed by atoms with van der Waals surface area (Å²) in [6.45, 7) is 5.36. The molecule has 1 saturated carbocycles. The van der Waals surface area contributed by atoms with Crippen molar-refractivity contribution in [2.75, 3.05) is 26.2 Å². The largest absolute Gasteiger partial charge is 0.355 e. The SMILES string of the molecule is CC(=O)N1CCCN(Cc2cn[nH]c2-c2ccccc2)CCNC(=O)[C@@H]2CCC[C@@H]21. The molecular formula is C23H31N5O2. The van der Waals surface area contributed by atoms with E-state index in [1.165, 1.54) is 0 Å². The van der Waals surface area contributed by atoms with Gasteiger partial charge in [-0.15, -0.1) is 0 Å². The van der Waals surface area contributed by atoms with Crippen molar-refractivity contribution in [2.24, 2.45) is 5.92 Å². The van der Waals surface area contributed by atoms with Crippen LogP contribution in [0.25, 0.3) is 11.3 Å². The minimum atomic E-state index is -0.0704. The molecular weight excluding hydrogens is 378 g/mol. The Morgan fingerprint density at radius 2 is 1.97 bits per heavy atom. The summed E-state index contributed by atoms with van der Waals surface area (Å²) in [5, 5.41) is 10.5. The van der Waals surface area contributed by atoms with Gasteiger partial charge in [-0.1, -0.05) is 36.8 Å². The summed E-state index contributed by atoms with van der Waals surface area (Å²) < 4.78 is 0. The zero-order chi connectivity index (χ0) is 20.9. The second-order valence-electron chi connectivity index (χ2n) is 8.37. The first-order valence-corrected chi connectivity index (χ1v) is 11.0. The van der Waals surface area contributed by atoms with Crippen molar-refractivity contribution in [3.63, 3.8) is 0 Å². The molecule has 1 aromatic heterocycles. The summed E-state index contributed by atoms with van der Waals surface area (Å²) in [5.74, 6) is 0.101. The predicted molar refractivity (Wildman–Crippen MR) is 115 cm³/mol. The van der Waals surface area contributed by atoms with E-state index in [9.17, 15) is 9.59 Å². The van der Waals surface area contributed by atoms with Crippen molar-refractivity contribution < 1.29 is 9.59 Å². The number of H-pyrrole nitrogens is 1. The summed E-state index contributed by atoms with van der Waals surface area (Å²) in [6, 6.07) is 10.3. The van der Waals surface area contributed by atoms with Crippen LogP contribution in [-0.2, 0) is 16.1 Å². The second kappa shape index (κ2) is 9.43. The quantitative estimate of drug-likeness (QED) is 0.816. The first-order chi connectivity index (χ1) is 14.6. The third kappa shape index (κ3) is 4.56. The number of hydrogen-bond donors (Lipinski definition) is 2. The van der Waals surface area contributed by atoms with Crippen LogP contribution in [0.5, 0.6) is 0 Å². The lowest BCUT2D eigenvalue weighted by atomic mass is 10.0. The van der Waals surface area contributed by atoms with E-state index < -0.39 is 0 Å². The van der Waals surface area contributed by atoms with Gasteiger partial charge in [0.05, 0.1) is 17.8 Å². The number of aromatic nitrogens is 2. The van der Waals surface area contributed by atoms with Crippen molar-refractivity contribution >= 4 is 11.8 Å². The summed E-state index contributed by atoms with van der Waals surface area (Å²) in [5.41, 5.74) is 3.29. The van der Waals surface area contributed by atoms with Crippen molar-refractivity contribution in [3.05, 3.63) is 42.1 Å². The Kier molecular flexibility index (Phi) is 6.47. The van der Waals surface area contributed by atoms with Gasteiger partial charge in [0.1, 0.15) is 0 Å². The fraction of sp³-hybridized carbons (Fsp3) is 0.522. The van der Waals surface area contributed by atoms with Crippen molar-refractivity contribution in [1.82, 2.24) is 25.3 Å². The van der Waals surface area contributed by atoms with E-state index in [1.54, 1.807) is 6.92 Å². The Balaban J connectivity index is 1.48. The number of carbonyl (C=O) groups excluding carboxylic acids is 2. The molecule has 0 unspecified atom stereocenters. The van der Waals surface area contributed by atoms with Crippen LogP contribution in [0.4, 0.5) is 0 Å². The molecule has 4 rings (SSSR count). The average molecular weight is 410 g/mol. The number of amides is 2. The maximum Gasteiger partial charge on any atom is 0.225 e. The molecule has 1 aliphatic carbocycles. The van der Waals surface area contributed by atoms with Gasteiger partial charge in [-0.05, 0) is 24.8 Å². The maximum atomic E-state index is 12.8. The van der Waals surface area contributed by atoms with E-state index >= 15 is 0 Å². The normalized spacial score (nSPS) is 23.5. The Morgan fingerprint density at radius 3 is 2.77 bits per heavy atom. The highest BCUT2D eigenvalue weighted by atomic mass is 16.2. The minimum Gasteiger partial charge on any atom is -0.355 e. The standard InChI is InChI=1S/C23H31N5O2/c1-17(29)28-13-6-12-27(14-11-24-23(30)20-9-5-10-21(20)28)16-19-15-25-26-22(19)18-7-3-2-4-8-18/h2-4,7-8,15,20-21H,5-6,9-14,16H2,1H3,(H,24,30)(H,25,26)/t20-,21+/m1/s1. The van der Waals surface area contributed by atoms with Crippen LogP contribution in [0.3, 0.4) is 0 Å². The molecule has 2 N–H and O–H groups in total. The molecule has 2 atom stereocenters. The summed E-state index contributed by atoms with van der Waals surface area (Å²) >= 11 is 0. The van der Waals surface area contributed by atoms with Gasteiger partial charge < -0.3 is 10.2 Å². The first kappa shape index (κ1) is 20.6. The Hall–Kier alpha value is -2.67. The third-order valence-electron chi connectivity index (χ3n) is 6.40. The zero-order valence-electron chi connectivity index (χ0n) is 17.6. The number of aromatic amines is 1. The average Bonchev–Trinajstić information content (AvgIpc) is 3.40. The van der Waals surface area contributed by atoms with Gasteiger partial charge in [0.2, 0.25) is 11.8 Å². The molecule has 2 aromatic rings. The van der Waals surface area contributed by atoms with Crippen LogP contribution >= 0.6 is 0 Å². The molecule has 2 heterocycles. The molecule has 1 aromatic carbocycles. The molecule has 1 aliphatic heterocycles. The number of benzene rings is 1. The molecule has 160 valence electrons. The summed E-state index contributed by atoms with van der Waals surface area (Å²) in [4.78, 5) is 29.4. The van der Waals surface area contributed by atoms with E-state index in [2.05, 4.69) is 32.5 Å². The van der Waals surface area contributed by atoms with Gasteiger partial charge in [0.15, 0.2) is 0 Å². The summed E-state index contributed by atoms with van der Waals surface area (Å²) in [7, 11) is 0. The molecule has 2 fully saturated rings. The lowest BCUT2D eigenvalue weighted by Crippen LogP contribution is -2.46. The summed E-state index contributed by atoms with van der Waals surface area (Å²) in [6.07, 6.45) is 5.60. The van der Waals surface area contributed by atoms with Crippen molar-refractivity contribution in [3.8, 4) is 11.3 Å². The van der Waals surface area contributed by atoms with Crippen LogP contribution in [0.2, 0.25) is 0 Å². The Morgan fingerprint density at radius 1 is 1.13 bits per heavy atom. The highest BCUT2D eigenvalue weighted by molar-refractivity contribution is 5.81. The minimum absolute atomic E-state index is 0.0487. The highest BCUT2D eigenvalue weighted by Gasteiger charge is 2.38. The van der Waals surface area contributed by atoms with Crippen LogP contribution < -0.4 is 5.32 Å². The number of rotatable bonds is 3. The molecule has 0 radical (unpaired) electrons. The number of nitrogens with one attached hydrogen (secondary N) is 2. The second-order valence-corrected chi connectivity index (χ2v) is 8.37. The van der Waals surface area contributed by atoms with Crippen molar-refractivity contribution in [1.29, 1.82) is 0 Å². The molecule has 7 heteroatoms. The van der Waals surface area contributed by atoms with E-state index in [4.69, 9.17) is 0 Å². The van der Waals surface area contributed by atoms with E-state index in [0.29, 0.717) is 13.1 Å². The van der Waals surface area contributed by atoms with E-state index in [-0.39, 0.29) is 23.8 Å². The van der Waals surface area contributed by atoms with Gasteiger partial charge in [0, 0.05) is 51.3 Å². The van der Waals surface area contributed by atoms with Crippen LogP contribution in [-0.4, -0.2) is 64.0 Å². The van der Waals surface area contributed by atoms with Gasteiger partial charge in [-0.3, -0.25) is 19.6 Å². The van der Waals surface area contributed by atoms with Gasteiger partial charge in [-0.25, -0.2) is 0 Å². The number of carbonyl (C=O) groups is 2. The molecule has 2 aliphatic rings. The number of hydrogen-bond acceptors (Lipinski definition) is 4. The fourth-order valence-corrected chi connectivity index (χ4v) is 4.91. The molecule has 0 spiro atoms. The molecule has 7 nitrogen and oxygen atoms in total. The fourth-order valence-electron chi connectivity index (χ4n) is 4.91. The Bertz CT molecular complexity index is 865. The maximum absolute atomic E-state index is 12.8. The third-order valence-corrected chi connectivity index (χ3v) is 6.40. The first-order valence-electron chi connectivity index (χ1n) is 11.0. The monoisotopic (exact) mass is 409 g/mol. The smallest absolute Gasteiger partial charge is 0.225 e. The molecule has 30 heavy (non-hydrogen) atoms. The van der Waals surface area contributed by atoms with Crippen molar-refractivity contribution in [2.45, 2.75) is 45.2 Å². The van der Waals surface area contributed by atoms with E-state index in [1.807, 2.05) is 29.3 Å². The van der Waals surface area contributed by atoms with Gasteiger partial charge in [-0.2, -0.15) is 5.10 Å². The molecule has 1 saturated heterocycles. The lowest BCUT2D eigenvalue weighted by Gasteiger charge is -2.31. The topological polar surface area (TPSA) is 81.3 Å². The lowest BCUT2D eigenvalue weighted by molar-refractivity contribution is -0.134. The van der Waals surface area contributed by atoms with Gasteiger partial charge in [0.25, 0.3) is 0 Å². The van der Waals surface area contributed by atoms with Gasteiger partial charge >= 0.3 is 0 Å². The Labute approximate surface area is 177 Å².